The van der Waals surface area contributed by atoms with Crippen LogP contribution in [-0.4, -0.2) is 43.1 Å². The van der Waals surface area contributed by atoms with Crippen LogP contribution >= 0.6 is 11.3 Å². The molecule has 2 atom stereocenters. The number of rotatable bonds is 3. The predicted molar refractivity (Wildman–Crippen MR) is 79.3 cm³/mol. The predicted octanol–water partition coefficient (Wildman–Crippen LogP) is 0.964. The van der Waals surface area contributed by atoms with Gasteiger partial charge in [-0.3, -0.25) is 9.59 Å². The summed E-state index contributed by atoms with van der Waals surface area (Å²) in [5.41, 5.74) is 0.765. The number of fused-ring (bicyclic) bond motifs is 1. The van der Waals surface area contributed by atoms with Crippen molar-refractivity contribution in [2.45, 2.75) is 31.7 Å². The highest BCUT2D eigenvalue weighted by molar-refractivity contribution is 7.13. The molecular formula is C14H19N3O3S. The van der Waals surface area contributed by atoms with E-state index in [-0.39, 0.29) is 18.3 Å². The van der Waals surface area contributed by atoms with E-state index in [9.17, 15) is 9.59 Å². The number of carbonyl (C=O) groups excluding carboxylic acids is 2. The number of hydrogen-bond donors (Lipinski definition) is 1. The van der Waals surface area contributed by atoms with E-state index in [1.807, 2.05) is 5.38 Å². The molecule has 7 heteroatoms. The second kappa shape index (κ2) is 6.01. The van der Waals surface area contributed by atoms with Gasteiger partial charge in [0.15, 0.2) is 5.13 Å². The molecule has 2 saturated heterocycles. The molecule has 2 fully saturated rings. The van der Waals surface area contributed by atoms with Gasteiger partial charge in [0.1, 0.15) is 0 Å². The van der Waals surface area contributed by atoms with Gasteiger partial charge in [-0.05, 0) is 18.8 Å². The maximum Gasteiger partial charge on any atom is 0.311 e. The van der Waals surface area contributed by atoms with E-state index in [0.29, 0.717) is 18.4 Å². The summed E-state index contributed by atoms with van der Waals surface area (Å²) in [5.74, 6) is 0.421. The van der Waals surface area contributed by atoms with Crippen molar-refractivity contribution in [3.63, 3.8) is 0 Å². The summed E-state index contributed by atoms with van der Waals surface area (Å²) in [6.45, 7) is 1.82. The van der Waals surface area contributed by atoms with Gasteiger partial charge in [0, 0.05) is 30.9 Å². The Morgan fingerprint density at radius 1 is 1.57 bits per heavy atom. The maximum absolute atomic E-state index is 11.4. The van der Waals surface area contributed by atoms with Crippen molar-refractivity contribution in [1.29, 1.82) is 0 Å². The molecule has 1 aromatic heterocycles. The SMILES string of the molecule is COC(=O)Cc1csc(N2CCC3NC(=O)CCC3C2)n1. The summed E-state index contributed by atoms with van der Waals surface area (Å²) in [5, 5.41) is 5.97. The van der Waals surface area contributed by atoms with Crippen LogP contribution in [0.2, 0.25) is 0 Å². The molecular weight excluding hydrogens is 290 g/mol. The summed E-state index contributed by atoms with van der Waals surface area (Å²) in [7, 11) is 1.39. The number of piperidine rings is 2. The Morgan fingerprint density at radius 3 is 3.24 bits per heavy atom. The van der Waals surface area contributed by atoms with Crippen LogP contribution in [0.25, 0.3) is 0 Å². The Kier molecular flexibility index (Phi) is 4.10. The van der Waals surface area contributed by atoms with Crippen molar-refractivity contribution in [2.75, 3.05) is 25.1 Å². The largest absolute Gasteiger partial charge is 0.469 e. The van der Waals surface area contributed by atoms with Gasteiger partial charge in [-0.15, -0.1) is 11.3 Å². The van der Waals surface area contributed by atoms with Gasteiger partial charge >= 0.3 is 5.97 Å². The third-order valence-electron chi connectivity index (χ3n) is 4.19. The minimum atomic E-state index is -0.263. The van der Waals surface area contributed by atoms with Crippen molar-refractivity contribution < 1.29 is 14.3 Å². The van der Waals surface area contributed by atoms with Crippen LogP contribution in [0.15, 0.2) is 5.38 Å². The number of ether oxygens (including phenoxy) is 1. The van der Waals surface area contributed by atoms with Gasteiger partial charge in [-0.2, -0.15) is 0 Å². The lowest BCUT2D eigenvalue weighted by Crippen LogP contribution is -2.54. The van der Waals surface area contributed by atoms with Crippen LogP contribution < -0.4 is 10.2 Å². The lowest BCUT2D eigenvalue weighted by molar-refractivity contribution is -0.139. The second-order valence-corrected chi connectivity index (χ2v) is 6.42. The average molecular weight is 309 g/mol. The number of esters is 1. The first-order valence-corrected chi connectivity index (χ1v) is 8.09. The molecule has 3 rings (SSSR count). The molecule has 2 aliphatic heterocycles. The normalized spacial score (nSPS) is 25.2. The molecule has 6 nitrogen and oxygen atoms in total. The Balaban J connectivity index is 1.63. The lowest BCUT2D eigenvalue weighted by atomic mass is 9.85. The lowest BCUT2D eigenvalue weighted by Gasteiger charge is -2.41. The Hall–Kier alpha value is -1.63. The zero-order chi connectivity index (χ0) is 14.8. The van der Waals surface area contributed by atoms with Crippen LogP contribution in [0.4, 0.5) is 5.13 Å². The number of thiazole rings is 1. The zero-order valence-electron chi connectivity index (χ0n) is 12.0. The van der Waals surface area contributed by atoms with Crippen LogP contribution in [0, 0.1) is 5.92 Å². The van der Waals surface area contributed by atoms with Gasteiger partial charge in [0.05, 0.1) is 19.2 Å². The van der Waals surface area contributed by atoms with Crippen molar-refractivity contribution in [3.05, 3.63) is 11.1 Å². The molecule has 21 heavy (non-hydrogen) atoms. The third kappa shape index (κ3) is 3.18. The van der Waals surface area contributed by atoms with E-state index in [1.165, 1.54) is 7.11 Å². The monoisotopic (exact) mass is 309 g/mol. The van der Waals surface area contributed by atoms with Crippen LogP contribution in [0.3, 0.4) is 0 Å². The first-order chi connectivity index (χ1) is 10.2. The summed E-state index contributed by atoms with van der Waals surface area (Å²) < 4.78 is 4.66. The number of nitrogens with zero attached hydrogens (tertiary/aromatic N) is 2. The fourth-order valence-corrected chi connectivity index (χ4v) is 3.89. The van der Waals surface area contributed by atoms with Crippen molar-refractivity contribution >= 4 is 28.3 Å². The van der Waals surface area contributed by atoms with E-state index in [4.69, 9.17) is 0 Å². The van der Waals surface area contributed by atoms with Crippen LogP contribution in [0.5, 0.6) is 0 Å². The number of amides is 1. The molecule has 1 aromatic rings. The Bertz CT molecular complexity index is 545. The molecule has 0 saturated carbocycles. The van der Waals surface area contributed by atoms with Crippen molar-refractivity contribution in [3.8, 4) is 0 Å². The fourth-order valence-electron chi connectivity index (χ4n) is 3.03. The quantitative estimate of drug-likeness (QED) is 0.842. The van der Waals surface area contributed by atoms with Crippen molar-refractivity contribution in [2.24, 2.45) is 5.92 Å². The van der Waals surface area contributed by atoms with Gasteiger partial charge in [-0.1, -0.05) is 0 Å². The highest BCUT2D eigenvalue weighted by Crippen LogP contribution is 2.30. The molecule has 1 N–H and O–H groups in total. The summed E-state index contributed by atoms with van der Waals surface area (Å²) >= 11 is 1.57. The highest BCUT2D eigenvalue weighted by atomic mass is 32.1. The highest BCUT2D eigenvalue weighted by Gasteiger charge is 2.34. The molecule has 0 aromatic carbocycles. The summed E-state index contributed by atoms with van der Waals surface area (Å²) in [6, 6.07) is 0.317. The molecule has 0 spiro atoms. The number of carbonyl (C=O) groups is 2. The van der Waals surface area contributed by atoms with E-state index in [2.05, 4.69) is 19.9 Å². The van der Waals surface area contributed by atoms with E-state index < -0.39 is 0 Å². The third-order valence-corrected chi connectivity index (χ3v) is 5.14. The Labute approximate surface area is 127 Å². The molecule has 0 bridgehead atoms. The first-order valence-electron chi connectivity index (χ1n) is 7.21. The van der Waals surface area contributed by atoms with E-state index >= 15 is 0 Å². The zero-order valence-corrected chi connectivity index (χ0v) is 12.8. The van der Waals surface area contributed by atoms with Gasteiger partial charge in [-0.25, -0.2) is 4.98 Å². The molecule has 0 aliphatic carbocycles. The molecule has 2 aliphatic rings. The molecule has 114 valence electrons. The fraction of sp³-hybridized carbons (Fsp3) is 0.643. The minimum Gasteiger partial charge on any atom is -0.469 e. The molecule has 2 unspecified atom stereocenters. The van der Waals surface area contributed by atoms with Crippen molar-refractivity contribution in [1.82, 2.24) is 10.3 Å². The summed E-state index contributed by atoms with van der Waals surface area (Å²) in [6.07, 6.45) is 2.76. The number of anilines is 1. The topological polar surface area (TPSA) is 71.5 Å². The van der Waals surface area contributed by atoms with Gasteiger partial charge < -0.3 is 15.0 Å². The standard InChI is InChI=1S/C14H19N3O3S/c1-20-13(19)6-10-8-21-14(15-10)17-5-4-11-9(7-17)2-3-12(18)16-11/h8-9,11H,2-7H2,1H3,(H,16,18). The van der Waals surface area contributed by atoms with Gasteiger partial charge in [0.25, 0.3) is 0 Å². The van der Waals surface area contributed by atoms with Gasteiger partial charge in [0.2, 0.25) is 5.91 Å². The molecule has 0 radical (unpaired) electrons. The number of aromatic nitrogens is 1. The number of methoxy groups -OCH3 is 1. The van der Waals surface area contributed by atoms with Crippen LogP contribution in [-0.2, 0) is 20.7 Å². The first kappa shape index (κ1) is 14.3. The maximum atomic E-state index is 11.4. The molecule has 3 heterocycles. The minimum absolute atomic E-state index is 0.180. The number of nitrogens with one attached hydrogen (secondary N) is 1. The Morgan fingerprint density at radius 2 is 2.43 bits per heavy atom. The van der Waals surface area contributed by atoms with E-state index in [1.54, 1.807) is 11.3 Å². The van der Waals surface area contributed by atoms with Crippen LogP contribution in [0.1, 0.15) is 25.0 Å². The number of hydrogen-bond acceptors (Lipinski definition) is 6. The second-order valence-electron chi connectivity index (χ2n) is 5.58. The smallest absolute Gasteiger partial charge is 0.311 e. The average Bonchev–Trinajstić information content (AvgIpc) is 2.95. The van der Waals surface area contributed by atoms with E-state index in [0.717, 1.165) is 36.8 Å². The molecule has 1 amide bonds. The summed E-state index contributed by atoms with van der Waals surface area (Å²) in [4.78, 5) is 29.5.